The maximum absolute atomic E-state index is 11.5. The molecule has 0 aromatic heterocycles. The summed E-state index contributed by atoms with van der Waals surface area (Å²) in [6, 6.07) is -0.697. The van der Waals surface area contributed by atoms with E-state index in [-0.39, 0.29) is 5.41 Å². The van der Waals surface area contributed by atoms with Crippen LogP contribution in [0.2, 0.25) is 0 Å². The Labute approximate surface area is 107 Å². The monoisotopic (exact) mass is 258 g/mol. The number of rotatable bonds is 4. The van der Waals surface area contributed by atoms with Gasteiger partial charge < -0.3 is 20.5 Å². The molecule has 0 radical (unpaired) electrons. The highest BCUT2D eigenvalue weighted by Gasteiger charge is 2.51. The van der Waals surface area contributed by atoms with Gasteiger partial charge in [0, 0.05) is 12.0 Å². The molecule has 0 spiro atoms. The Morgan fingerprint density at radius 3 is 2.33 bits per heavy atom. The minimum atomic E-state index is -0.697. The van der Waals surface area contributed by atoms with Crippen LogP contribution in [0.1, 0.15) is 33.6 Å². The first-order chi connectivity index (χ1) is 8.20. The van der Waals surface area contributed by atoms with Gasteiger partial charge >= 0.3 is 12.1 Å². The fourth-order valence-electron chi connectivity index (χ4n) is 1.70. The largest absolute Gasteiger partial charge is 0.468 e. The molecule has 0 aromatic rings. The van der Waals surface area contributed by atoms with Crippen molar-refractivity contribution >= 4 is 12.1 Å². The smallest absolute Gasteiger partial charge is 0.407 e. The summed E-state index contributed by atoms with van der Waals surface area (Å²) in [5.74, 6) is -0.446. The van der Waals surface area contributed by atoms with Crippen molar-refractivity contribution in [1.29, 1.82) is 0 Å². The first-order valence-corrected chi connectivity index (χ1v) is 6.00. The van der Waals surface area contributed by atoms with Crippen LogP contribution in [-0.2, 0) is 14.3 Å². The Kier molecular flexibility index (Phi) is 4.21. The lowest BCUT2D eigenvalue weighted by molar-refractivity contribution is -0.143. The molecule has 18 heavy (non-hydrogen) atoms. The minimum Gasteiger partial charge on any atom is -0.468 e. The van der Waals surface area contributed by atoms with Crippen molar-refractivity contribution in [3.63, 3.8) is 0 Å². The van der Waals surface area contributed by atoms with Gasteiger partial charge in [-0.05, 0) is 33.6 Å². The maximum atomic E-state index is 11.5. The molecule has 6 heteroatoms. The van der Waals surface area contributed by atoms with Gasteiger partial charge in [0.1, 0.15) is 11.6 Å². The Bertz CT molecular complexity index is 331. The molecule has 1 amide bonds. The number of amides is 1. The summed E-state index contributed by atoms with van der Waals surface area (Å²) in [6.07, 6.45) is 1.11. The Balaban J connectivity index is 2.44. The minimum absolute atomic E-state index is 0.332. The molecule has 1 rings (SSSR count). The average Bonchev–Trinajstić information content (AvgIpc) is 3.03. The van der Waals surface area contributed by atoms with E-state index in [4.69, 9.17) is 10.5 Å². The number of hydrogen-bond donors (Lipinski definition) is 2. The van der Waals surface area contributed by atoms with E-state index < -0.39 is 23.7 Å². The molecule has 1 fully saturated rings. The molecule has 3 N–H and O–H groups in total. The Hall–Kier alpha value is -1.30. The molecule has 0 aromatic carbocycles. The Morgan fingerprint density at radius 2 is 1.94 bits per heavy atom. The van der Waals surface area contributed by atoms with E-state index in [0.29, 0.717) is 6.54 Å². The standard InChI is InChI=1S/C12H22N2O4/c1-11(2,3)18-10(16)14-7-12(5-6-12)8(13)9(15)17-4/h8H,5-7,13H2,1-4H3,(H,14,16). The van der Waals surface area contributed by atoms with Crippen LogP contribution in [0.25, 0.3) is 0 Å². The second-order valence-corrected chi connectivity index (χ2v) is 5.72. The van der Waals surface area contributed by atoms with Crippen molar-refractivity contribution in [3.8, 4) is 0 Å². The van der Waals surface area contributed by atoms with Crippen molar-refractivity contribution in [2.24, 2.45) is 11.1 Å². The fourth-order valence-corrected chi connectivity index (χ4v) is 1.70. The van der Waals surface area contributed by atoms with Crippen molar-refractivity contribution in [1.82, 2.24) is 5.32 Å². The number of nitrogens with two attached hydrogens (primary N) is 1. The molecule has 1 saturated carbocycles. The third kappa shape index (κ3) is 3.87. The van der Waals surface area contributed by atoms with Gasteiger partial charge in [-0.2, -0.15) is 0 Å². The molecule has 0 aliphatic heterocycles. The second-order valence-electron chi connectivity index (χ2n) is 5.72. The van der Waals surface area contributed by atoms with Gasteiger partial charge in [-0.3, -0.25) is 4.79 Å². The van der Waals surface area contributed by atoms with Crippen LogP contribution >= 0.6 is 0 Å². The molecule has 1 unspecified atom stereocenters. The highest BCUT2D eigenvalue weighted by molar-refractivity contribution is 5.77. The van der Waals surface area contributed by atoms with Gasteiger partial charge in [0.05, 0.1) is 7.11 Å². The lowest BCUT2D eigenvalue weighted by atomic mass is 9.97. The topological polar surface area (TPSA) is 90.6 Å². The molecule has 1 aliphatic carbocycles. The molecular weight excluding hydrogens is 236 g/mol. The van der Waals surface area contributed by atoms with E-state index >= 15 is 0 Å². The fraction of sp³-hybridized carbons (Fsp3) is 0.833. The number of carbonyl (C=O) groups is 2. The number of methoxy groups -OCH3 is 1. The number of alkyl carbamates (subject to hydrolysis) is 1. The zero-order valence-corrected chi connectivity index (χ0v) is 11.4. The normalized spacial score (nSPS) is 18.7. The number of carbonyl (C=O) groups excluding carboxylic acids is 2. The van der Waals surface area contributed by atoms with Crippen LogP contribution in [0.5, 0.6) is 0 Å². The van der Waals surface area contributed by atoms with Gasteiger partial charge in [-0.15, -0.1) is 0 Å². The van der Waals surface area contributed by atoms with E-state index in [1.165, 1.54) is 7.11 Å². The highest BCUT2D eigenvalue weighted by Crippen LogP contribution is 2.47. The van der Waals surface area contributed by atoms with Gasteiger partial charge in [0.2, 0.25) is 0 Å². The van der Waals surface area contributed by atoms with Crippen molar-refractivity contribution in [2.45, 2.75) is 45.3 Å². The summed E-state index contributed by atoms with van der Waals surface area (Å²) in [6.45, 7) is 5.71. The van der Waals surface area contributed by atoms with E-state index in [0.717, 1.165) is 12.8 Å². The van der Waals surface area contributed by atoms with Crippen LogP contribution < -0.4 is 11.1 Å². The molecule has 6 nitrogen and oxygen atoms in total. The van der Waals surface area contributed by atoms with Crippen LogP contribution in [0, 0.1) is 5.41 Å². The summed E-state index contributed by atoms with van der Waals surface area (Å²) < 4.78 is 9.74. The predicted octanol–water partition coefficient (Wildman–Crippen LogP) is 0.792. The number of nitrogens with one attached hydrogen (secondary N) is 1. The summed E-state index contributed by atoms with van der Waals surface area (Å²) in [7, 11) is 1.31. The van der Waals surface area contributed by atoms with E-state index in [1.54, 1.807) is 20.8 Å². The lowest BCUT2D eigenvalue weighted by Crippen LogP contribution is -2.46. The number of hydrogen-bond acceptors (Lipinski definition) is 5. The van der Waals surface area contributed by atoms with Crippen LogP contribution in [0.4, 0.5) is 4.79 Å². The summed E-state index contributed by atoms with van der Waals surface area (Å²) in [5.41, 5.74) is 4.91. The van der Waals surface area contributed by atoms with Gasteiger partial charge in [0.25, 0.3) is 0 Å². The van der Waals surface area contributed by atoms with E-state index in [2.05, 4.69) is 10.1 Å². The van der Waals surface area contributed by atoms with Crippen LogP contribution in [-0.4, -0.2) is 37.4 Å². The third-order valence-electron chi connectivity index (χ3n) is 2.99. The summed E-state index contributed by atoms with van der Waals surface area (Å²) in [4.78, 5) is 22.9. The quantitative estimate of drug-likeness (QED) is 0.728. The molecule has 0 saturated heterocycles. The number of ether oxygens (including phenoxy) is 2. The van der Waals surface area contributed by atoms with Gasteiger partial charge in [-0.1, -0.05) is 0 Å². The molecular formula is C12H22N2O4. The maximum Gasteiger partial charge on any atom is 0.407 e. The zero-order valence-electron chi connectivity index (χ0n) is 11.4. The first kappa shape index (κ1) is 14.8. The van der Waals surface area contributed by atoms with Crippen molar-refractivity contribution in [2.75, 3.05) is 13.7 Å². The van der Waals surface area contributed by atoms with Gasteiger partial charge in [-0.25, -0.2) is 4.79 Å². The molecule has 0 bridgehead atoms. The van der Waals surface area contributed by atoms with Crippen molar-refractivity contribution in [3.05, 3.63) is 0 Å². The summed E-state index contributed by atoms with van der Waals surface area (Å²) >= 11 is 0. The first-order valence-electron chi connectivity index (χ1n) is 6.00. The average molecular weight is 258 g/mol. The van der Waals surface area contributed by atoms with Gasteiger partial charge in [0.15, 0.2) is 0 Å². The van der Waals surface area contributed by atoms with Crippen LogP contribution in [0.3, 0.4) is 0 Å². The van der Waals surface area contributed by atoms with E-state index in [1.807, 2.05) is 0 Å². The molecule has 104 valence electrons. The van der Waals surface area contributed by atoms with Crippen molar-refractivity contribution < 1.29 is 19.1 Å². The summed E-state index contributed by atoms with van der Waals surface area (Å²) in [5, 5.41) is 2.65. The molecule has 0 heterocycles. The third-order valence-corrected chi connectivity index (χ3v) is 2.99. The second kappa shape index (κ2) is 5.14. The molecule has 1 aliphatic rings. The van der Waals surface area contributed by atoms with Crippen LogP contribution in [0.15, 0.2) is 0 Å². The zero-order chi connectivity index (χ0) is 14.0. The highest BCUT2D eigenvalue weighted by atomic mass is 16.6. The number of esters is 1. The molecule has 1 atom stereocenters. The van der Waals surface area contributed by atoms with E-state index in [9.17, 15) is 9.59 Å². The predicted molar refractivity (Wildman–Crippen MR) is 65.9 cm³/mol. The SMILES string of the molecule is COC(=O)C(N)C1(CNC(=O)OC(C)(C)C)CC1. The Morgan fingerprint density at radius 1 is 1.39 bits per heavy atom. The lowest BCUT2D eigenvalue weighted by Gasteiger charge is -2.24.